The minimum atomic E-state index is -5.68. The van der Waals surface area contributed by atoms with Crippen molar-refractivity contribution in [1.29, 1.82) is 10.5 Å². The fourth-order valence-electron chi connectivity index (χ4n) is 6.69. The maximum atomic E-state index is 15.3. The first-order valence-corrected chi connectivity index (χ1v) is 15.9. The van der Waals surface area contributed by atoms with Crippen LogP contribution >= 0.6 is 34.5 Å². The van der Waals surface area contributed by atoms with Crippen LogP contribution in [0, 0.1) is 52.7 Å². The number of nitrogens with zero attached hydrogens (tertiary/aromatic N) is 3. The normalized spacial score (nSPS) is 21.3. The predicted octanol–water partition coefficient (Wildman–Crippen LogP) is 8.26. The van der Waals surface area contributed by atoms with E-state index in [1.807, 2.05) is 0 Å². The summed E-state index contributed by atoms with van der Waals surface area (Å²) in [5, 5.41) is 51.8. The molecule has 1 aliphatic rings. The van der Waals surface area contributed by atoms with Crippen molar-refractivity contribution in [3.63, 3.8) is 0 Å². The van der Waals surface area contributed by atoms with E-state index in [-0.39, 0.29) is 38.6 Å². The first-order valence-electron chi connectivity index (χ1n) is 14.3. The number of alkyl halides is 8. The van der Waals surface area contributed by atoms with E-state index in [1.54, 1.807) is 12.1 Å². The largest absolute Gasteiger partial charge is 0.478 e. The third-order valence-electron chi connectivity index (χ3n) is 9.56. The second-order valence-corrected chi connectivity index (χ2v) is 14.4. The van der Waals surface area contributed by atoms with E-state index in [4.69, 9.17) is 23.2 Å². The number of rotatable bonds is 8. The fourth-order valence-corrected chi connectivity index (χ4v) is 8.87. The molecule has 3 N–H and O–H groups in total. The maximum absolute atomic E-state index is 15.3. The first kappa shape index (κ1) is 38.9. The molecule has 5 atom stereocenters. The molecule has 0 spiro atoms. The lowest BCUT2D eigenvalue weighted by Gasteiger charge is -2.57. The topological polar surface area (TPSA) is 130 Å². The molecule has 0 saturated carbocycles. The summed E-state index contributed by atoms with van der Waals surface area (Å²) >= 11 is 14.0. The van der Waals surface area contributed by atoms with Gasteiger partial charge in [-0.3, -0.25) is 0 Å². The van der Waals surface area contributed by atoms with Crippen molar-refractivity contribution in [3.8, 4) is 12.1 Å². The van der Waals surface area contributed by atoms with Crippen molar-refractivity contribution in [3.05, 3.63) is 98.3 Å². The first-order chi connectivity index (χ1) is 22.9. The summed E-state index contributed by atoms with van der Waals surface area (Å²) in [6.45, 7) is 2.78. The highest BCUT2D eigenvalue weighted by molar-refractivity contribution is 7.12. The van der Waals surface area contributed by atoms with Crippen LogP contribution in [0.5, 0.6) is 0 Å². The lowest BCUT2D eigenvalue weighted by Crippen LogP contribution is -2.65. The molecule has 1 aliphatic carbocycles. The summed E-state index contributed by atoms with van der Waals surface area (Å²) in [4.78, 5) is 10.2. The molecule has 0 radical (unpaired) electrons. The Labute approximate surface area is 294 Å². The van der Waals surface area contributed by atoms with E-state index < -0.39 is 73.1 Å². The molecule has 0 bridgehead atoms. The number of hydrogen-bond donors (Lipinski definition) is 3. The van der Waals surface area contributed by atoms with Crippen LogP contribution in [-0.2, 0) is 18.2 Å². The molecule has 0 aliphatic heterocycles. The third-order valence-corrected chi connectivity index (χ3v) is 11.7. The Morgan fingerprint density at radius 2 is 1.54 bits per heavy atom. The van der Waals surface area contributed by atoms with E-state index in [9.17, 15) is 35.0 Å². The van der Waals surface area contributed by atoms with Crippen molar-refractivity contribution in [2.24, 2.45) is 24.3 Å². The SMILES string of the molecule is Cc1cc(C(O)(C(C)C2(C(C)C(O)(c3ccc(C#N)n3C)C(F)(F)F)C=CC(c3ccc(C(=O)O)c(F)c3)=CC2(Cl)Cl)C(F)(F)F)sc1C#N. The van der Waals surface area contributed by atoms with E-state index in [0.717, 1.165) is 75.5 Å². The molecule has 2 aromatic heterocycles. The monoisotopic (exact) mass is 763 g/mol. The summed E-state index contributed by atoms with van der Waals surface area (Å²) in [6, 6.07) is 8.67. The van der Waals surface area contributed by atoms with Crippen molar-refractivity contribution in [2.45, 2.75) is 48.7 Å². The lowest BCUT2D eigenvalue weighted by molar-refractivity contribution is -0.322. The molecule has 266 valence electrons. The smallest absolute Gasteiger partial charge is 0.423 e. The van der Waals surface area contributed by atoms with Gasteiger partial charge in [0, 0.05) is 29.2 Å². The number of carbonyl (C=O) groups is 1. The number of allylic oxidation sites excluding steroid dienone is 4. The predicted molar refractivity (Wildman–Crippen MR) is 169 cm³/mol. The number of halogens is 9. The maximum Gasteiger partial charge on any atom is 0.423 e. The van der Waals surface area contributed by atoms with Crippen LogP contribution in [0.1, 0.15) is 56.5 Å². The number of carboxylic acid groups (broad SMARTS) is 1. The van der Waals surface area contributed by atoms with Gasteiger partial charge in [-0.05, 0) is 60.0 Å². The highest BCUT2D eigenvalue weighted by atomic mass is 35.5. The Balaban J connectivity index is 2.11. The average molecular weight is 765 g/mol. The number of carboxylic acids is 1. The van der Waals surface area contributed by atoms with Crippen LogP contribution in [0.4, 0.5) is 30.7 Å². The number of aromatic nitrogens is 1. The Kier molecular flexibility index (Phi) is 9.91. The zero-order valence-electron chi connectivity index (χ0n) is 26.3. The molecular formula is C33H26Cl2F7N3O4S. The Morgan fingerprint density at radius 3 is 1.98 bits per heavy atom. The average Bonchev–Trinajstić information content (AvgIpc) is 3.59. The molecule has 17 heteroatoms. The summed E-state index contributed by atoms with van der Waals surface area (Å²) in [6.07, 6.45) is -8.77. The zero-order chi connectivity index (χ0) is 38.0. The van der Waals surface area contributed by atoms with Gasteiger partial charge < -0.3 is 19.9 Å². The molecule has 1 aromatic carbocycles. The van der Waals surface area contributed by atoms with E-state index >= 15 is 26.3 Å². The van der Waals surface area contributed by atoms with E-state index in [2.05, 4.69) is 0 Å². The van der Waals surface area contributed by atoms with Crippen LogP contribution in [0.3, 0.4) is 0 Å². The molecule has 3 aromatic rings. The van der Waals surface area contributed by atoms with Crippen molar-refractivity contribution < 1.29 is 50.8 Å². The van der Waals surface area contributed by atoms with E-state index in [1.165, 1.54) is 6.92 Å². The standard InChI is InChI=1S/C33H26Cl2F7N3O4S/c1-16-11-26(50-24(16)15-44)31(49,33(40,41)42)18(3)28(17(2)30(48,32(37,38)39)25-8-6-21(14-43)45(25)4)10-9-20(13-29(28,34)35)19-5-7-22(27(46)47)23(36)12-19/h5-13,17-18,48-49H,1-4H3,(H,46,47). The summed E-state index contributed by atoms with van der Waals surface area (Å²) in [5.41, 5.74) is -13.4. The molecule has 0 amide bonds. The Hall–Kier alpha value is -3.86. The van der Waals surface area contributed by atoms with Crippen molar-refractivity contribution in [2.75, 3.05) is 0 Å². The van der Waals surface area contributed by atoms with Gasteiger partial charge in [0.15, 0.2) is 5.60 Å². The van der Waals surface area contributed by atoms with Gasteiger partial charge >= 0.3 is 18.3 Å². The van der Waals surface area contributed by atoms with Gasteiger partial charge in [0.1, 0.15) is 32.9 Å². The number of thiophene rings is 1. The third kappa shape index (κ3) is 5.69. The lowest BCUT2D eigenvalue weighted by atomic mass is 9.53. The zero-order valence-corrected chi connectivity index (χ0v) is 28.6. The Bertz CT molecular complexity index is 2010. The van der Waals surface area contributed by atoms with E-state index in [0.29, 0.717) is 4.57 Å². The molecule has 0 saturated heterocycles. The van der Waals surface area contributed by atoms with Gasteiger partial charge in [0.05, 0.1) is 11.3 Å². The highest BCUT2D eigenvalue weighted by Gasteiger charge is 2.74. The molecule has 0 fully saturated rings. The fraction of sp³-hybridized carbons (Fsp3) is 0.364. The van der Waals surface area contributed by atoms with Crippen molar-refractivity contribution >= 4 is 46.1 Å². The summed E-state index contributed by atoms with van der Waals surface area (Å²) in [7, 11) is 1.02. The number of aromatic carboxylic acids is 1. The molecule has 2 heterocycles. The molecule has 4 rings (SSSR count). The highest BCUT2D eigenvalue weighted by Crippen LogP contribution is 2.67. The molecule has 5 unspecified atom stereocenters. The van der Waals surface area contributed by atoms with Gasteiger partial charge in [-0.1, -0.05) is 55.3 Å². The minimum Gasteiger partial charge on any atom is -0.478 e. The van der Waals surface area contributed by atoms with Gasteiger partial charge in [-0.15, -0.1) is 11.3 Å². The number of hydrogen-bond acceptors (Lipinski definition) is 6. The van der Waals surface area contributed by atoms with Crippen LogP contribution in [-0.4, -0.2) is 42.5 Å². The number of aryl methyl sites for hydroxylation is 1. The number of nitriles is 2. The van der Waals surface area contributed by atoms with Crippen LogP contribution in [0.25, 0.3) is 5.57 Å². The number of benzene rings is 1. The molecule has 7 nitrogen and oxygen atoms in total. The van der Waals surface area contributed by atoms with Gasteiger partial charge in [0.25, 0.3) is 0 Å². The summed E-state index contributed by atoms with van der Waals surface area (Å²) in [5.74, 6) is -7.87. The second-order valence-electron chi connectivity index (χ2n) is 12.0. The van der Waals surface area contributed by atoms with Gasteiger partial charge in [-0.2, -0.15) is 36.9 Å². The summed E-state index contributed by atoms with van der Waals surface area (Å²) < 4.78 is 104. The molecular weight excluding hydrogens is 738 g/mol. The Morgan fingerprint density at radius 1 is 0.960 bits per heavy atom. The van der Waals surface area contributed by atoms with Gasteiger partial charge in [0.2, 0.25) is 5.60 Å². The minimum absolute atomic E-state index is 0.0281. The quantitative estimate of drug-likeness (QED) is 0.157. The van der Waals surface area contributed by atoms with Crippen LogP contribution in [0.2, 0.25) is 0 Å². The van der Waals surface area contributed by atoms with Gasteiger partial charge in [-0.25, -0.2) is 9.18 Å². The molecule has 50 heavy (non-hydrogen) atoms. The van der Waals surface area contributed by atoms with Crippen LogP contribution in [0.15, 0.2) is 54.6 Å². The van der Waals surface area contributed by atoms with Crippen LogP contribution < -0.4 is 0 Å². The number of aliphatic hydroxyl groups is 2. The second kappa shape index (κ2) is 12.7. The van der Waals surface area contributed by atoms with Crippen molar-refractivity contribution in [1.82, 2.24) is 4.57 Å².